The Morgan fingerprint density at radius 1 is 1.15 bits per heavy atom. The Labute approximate surface area is 150 Å². The van der Waals surface area contributed by atoms with Gasteiger partial charge in [0.1, 0.15) is 17.1 Å². The molecule has 7 nitrogen and oxygen atoms in total. The van der Waals surface area contributed by atoms with Crippen molar-refractivity contribution in [2.45, 2.75) is 20.0 Å². The lowest BCUT2D eigenvalue weighted by molar-refractivity contribution is 0.0276. The molecule has 0 saturated heterocycles. The number of ether oxygens (including phenoxy) is 2. The molecule has 0 fully saturated rings. The smallest absolute Gasteiger partial charge is 0.342 e. The molecule has 1 aromatic heterocycles. The van der Waals surface area contributed by atoms with Gasteiger partial charge in [0.25, 0.3) is 5.89 Å². The Morgan fingerprint density at radius 2 is 1.88 bits per heavy atom. The third-order valence-corrected chi connectivity index (χ3v) is 3.80. The highest BCUT2D eigenvalue weighted by molar-refractivity contribution is 5.92. The second-order valence-corrected chi connectivity index (χ2v) is 5.74. The van der Waals surface area contributed by atoms with Gasteiger partial charge in [0.15, 0.2) is 6.10 Å². The van der Waals surface area contributed by atoms with Gasteiger partial charge in [-0.15, -0.1) is 10.2 Å². The first kappa shape index (κ1) is 17.5. The number of aromatic nitrogens is 2. The van der Waals surface area contributed by atoms with E-state index in [0.717, 1.165) is 11.1 Å². The molecular weight excluding hydrogens is 336 g/mol. The number of phenols is 1. The highest BCUT2D eigenvalue weighted by atomic mass is 16.6. The van der Waals surface area contributed by atoms with Crippen LogP contribution in [-0.2, 0) is 4.74 Å². The van der Waals surface area contributed by atoms with Crippen molar-refractivity contribution in [1.29, 1.82) is 0 Å². The SMILES string of the molecule is COc1ccc(C(=O)O[C@H](C)c2nnc(-c3ccc(C)cc3)o2)c(O)c1. The molecule has 0 bridgehead atoms. The second kappa shape index (κ2) is 7.26. The average molecular weight is 354 g/mol. The standard InChI is InChI=1S/C19H18N2O5/c1-11-4-6-13(7-5-11)18-21-20-17(26-18)12(2)25-19(23)15-9-8-14(24-3)10-16(15)22/h4-10,12,22H,1-3H3/t12-/m1/s1. The second-order valence-electron chi connectivity index (χ2n) is 5.74. The fraction of sp³-hybridized carbons (Fsp3) is 0.211. The van der Waals surface area contributed by atoms with Crippen LogP contribution in [0, 0.1) is 6.92 Å². The van der Waals surface area contributed by atoms with Gasteiger partial charge in [-0.2, -0.15) is 0 Å². The number of hydrogen-bond donors (Lipinski definition) is 1. The quantitative estimate of drug-likeness (QED) is 0.698. The van der Waals surface area contributed by atoms with Crippen LogP contribution in [0.1, 0.15) is 34.8 Å². The summed E-state index contributed by atoms with van der Waals surface area (Å²) in [6, 6.07) is 11.9. The summed E-state index contributed by atoms with van der Waals surface area (Å²) in [6.07, 6.45) is -0.768. The molecule has 1 N–H and O–H groups in total. The summed E-state index contributed by atoms with van der Waals surface area (Å²) in [7, 11) is 1.47. The number of rotatable bonds is 5. The van der Waals surface area contributed by atoms with E-state index in [1.165, 1.54) is 19.2 Å². The van der Waals surface area contributed by atoms with Gasteiger partial charge in [0.2, 0.25) is 5.89 Å². The van der Waals surface area contributed by atoms with E-state index in [2.05, 4.69) is 10.2 Å². The normalized spacial score (nSPS) is 11.8. The third kappa shape index (κ3) is 3.66. The zero-order chi connectivity index (χ0) is 18.7. The molecule has 134 valence electrons. The number of aromatic hydroxyl groups is 1. The van der Waals surface area contributed by atoms with E-state index in [9.17, 15) is 9.90 Å². The van der Waals surface area contributed by atoms with Crippen LogP contribution < -0.4 is 4.74 Å². The Hall–Kier alpha value is -3.35. The number of nitrogens with zero attached hydrogens (tertiary/aromatic N) is 2. The van der Waals surface area contributed by atoms with Gasteiger partial charge in [0, 0.05) is 11.6 Å². The van der Waals surface area contributed by atoms with Gasteiger partial charge in [-0.3, -0.25) is 0 Å². The van der Waals surface area contributed by atoms with E-state index < -0.39 is 12.1 Å². The van der Waals surface area contributed by atoms with Crippen molar-refractivity contribution in [3.63, 3.8) is 0 Å². The molecule has 0 aliphatic carbocycles. The Balaban J connectivity index is 1.73. The minimum atomic E-state index is -0.768. The van der Waals surface area contributed by atoms with Crippen molar-refractivity contribution in [2.24, 2.45) is 0 Å². The van der Waals surface area contributed by atoms with Crippen molar-refractivity contribution in [3.8, 4) is 23.0 Å². The van der Waals surface area contributed by atoms with E-state index in [0.29, 0.717) is 11.6 Å². The van der Waals surface area contributed by atoms with Crippen molar-refractivity contribution in [1.82, 2.24) is 10.2 Å². The van der Waals surface area contributed by atoms with Crippen molar-refractivity contribution in [3.05, 3.63) is 59.5 Å². The number of carbonyl (C=O) groups is 1. The predicted molar refractivity (Wildman–Crippen MR) is 93.0 cm³/mol. The lowest BCUT2D eigenvalue weighted by atomic mass is 10.1. The number of hydrogen-bond acceptors (Lipinski definition) is 7. The molecule has 1 atom stereocenters. The summed E-state index contributed by atoms with van der Waals surface area (Å²) in [6.45, 7) is 3.60. The minimum Gasteiger partial charge on any atom is -0.507 e. The molecule has 7 heteroatoms. The Morgan fingerprint density at radius 3 is 2.54 bits per heavy atom. The molecule has 0 unspecified atom stereocenters. The Bertz CT molecular complexity index is 918. The van der Waals surface area contributed by atoms with Crippen LogP contribution in [0.15, 0.2) is 46.9 Å². The highest BCUT2D eigenvalue weighted by Gasteiger charge is 2.22. The summed E-state index contributed by atoms with van der Waals surface area (Å²) in [5.74, 6) is 0.0176. The fourth-order valence-electron chi connectivity index (χ4n) is 2.30. The zero-order valence-electron chi connectivity index (χ0n) is 14.6. The fourth-order valence-corrected chi connectivity index (χ4v) is 2.30. The van der Waals surface area contributed by atoms with Crippen LogP contribution in [0.4, 0.5) is 0 Å². The third-order valence-electron chi connectivity index (χ3n) is 3.80. The van der Waals surface area contributed by atoms with E-state index in [1.807, 2.05) is 31.2 Å². The molecule has 0 aliphatic heterocycles. The van der Waals surface area contributed by atoms with Crippen molar-refractivity contribution >= 4 is 5.97 Å². The highest BCUT2D eigenvalue weighted by Crippen LogP contribution is 2.27. The molecule has 0 radical (unpaired) electrons. The Kier molecular flexibility index (Phi) is 4.88. The van der Waals surface area contributed by atoms with E-state index >= 15 is 0 Å². The number of phenolic OH excluding ortho intramolecular Hbond substituents is 1. The van der Waals surface area contributed by atoms with Crippen LogP contribution in [0.5, 0.6) is 11.5 Å². The maximum Gasteiger partial charge on any atom is 0.342 e. The van der Waals surface area contributed by atoms with Crippen LogP contribution in [-0.4, -0.2) is 28.4 Å². The van der Waals surface area contributed by atoms with Gasteiger partial charge in [-0.05, 0) is 38.1 Å². The zero-order valence-corrected chi connectivity index (χ0v) is 14.6. The molecule has 1 heterocycles. The minimum absolute atomic E-state index is 0.0240. The van der Waals surface area contributed by atoms with E-state index in [4.69, 9.17) is 13.9 Å². The number of esters is 1. The predicted octanol–water partition coefficient (Wildman–Crippen LogP) is 3.68. The molecule has 26 heavy (non-hydrogen) atoms. The summed E-state index contributed by atoms with van der Waals surface area (Å²) < 4.78 is 15.9. The molecule has 0 spiro atoms. The largest absolute Gasteiger partial charge is 0.507 e. The van der Waals surface area contributed by atoms with Crippen LogP contribution in [0.2, 0.25) is 0 Å². The molecular formula is C19H18N2O5. The van der Waals surface area contributed by atoms with Gasteiger partial charge in [-0.1, -0.05) is 17.7 Å². The topological polar surface area (TPSA) is 94.7 Å². The van der Waals surface area contributed by atoms with Crippen LogP contribution in [0.25, 0.3) is 11.5 Å². The van der Waals surface area contributed by atoms with Gasteiger partial charge >= 0.3 is 5.97 Å². The summed E-state index contributed by atoms with van der Waals surface area (Å²) >= 11 is 0. The molecule has 2 aromatic carbocycles. The molecule has 0 amide bonds. The molecule has 3 aromatic rings. The number of methoxy groups -OCH3 is 1. The summed E-state index contributed by atoms with van der Waals surface area (Å²) in [5.41, 5.74) is 1.92. The van der Waals surface area contributed by atoms with Gasteiger partial charge < -0.3 is 19.0 Å². The molecule has 3 rings (SSSR count). The van der Waals surface area contributed by atoms with Crippen molar-refractivity contribution in [2.75, 3.05) is 7.11 Å². The maximum atomic E-state index is 12.3. The maximum absolute atomic E-state index is 12.3. The monoisotopic (exact) mass is 354 g/mol. The first-order valence-corrected chi connectivity index (χ1v) is 7.96. The van der Waals surface area contributed by atoms with Crippen molar-refractivity contribution < 1.29 is 23.8 Å². The lowest BCUT2D eigenvalue weighted by Crippen LogP contribution is -2.10. The number of carbonyl (C=O) groups excluding carboxylic acids is 1. The average Bonchev–Trinajstić information content (AvgIpc) is 3.12. The number of aryl methyl sites for hydroxylation is 1. The molecule has 0 saturated carbocycles. The van der Waals surface area contributed by atoms with Crippen LogP contribution >= 0.6 is 0 Å². The van der Waals surface area contributed by atoms with Crippen LogP contribution in [0.3, 0.4) is 0 Å². The van der Waals surface area contributed by atoms with Gasteiger partial charge in [0.05, 0.1) is 7.11 Å². The van der Waals surface area contributed by atoms with E-state index in [-0.39, 0.29) is 17.2 Å². The first-order chi connectivity index (χ1) is 12.5. The van der Waals surface area contributed by atoms with Gasteiger partial charge in [-0.25, -0.2) is 4.79 Å². The summed E-state index contributed by atoms with van der Waals surface area (Å²) in [5, 5.41) is 17.8. The summed E-state index contributed by atoms with van der Waals surface area (Å²) in [4.78, 5) is 12.3. The number of benzene rings is 2. The lowest BCUT2D eigenvalue weighted by Gasteiger charge is -2.11. The van der Waals surface area contributed by atoms with E-state index in [1.54, 1.807) is 13.0 Å². The first-order valence-electron chi connectivity index (χ1n) is 7.96. The molecule has 0 aliphatic rings.